The predicted molar refractivity (Wildman–Crippen MR) is 70.3 cm³/mol. The first-order chi connectivity index (χ1) is 8.58. The van der Waals surface area contributed by atoms with Crippen molar-refractivity contribution in [2.75, 3.05) is 13.1 Å². The van der Waals surface area contributed by atoms with Gasteiger partial charge in [0.2, 0.25) is 5.91 Å². The molecule has 1 unspecified atom stereocenters. The molecule has 98 valence electrons. The van der Waals surface area contributed by atoms with Crippen molar-refractivity contribution in [1.82, 2.24) is 4.90 Å². The number of carbonyl (C=O) groups is 1. The van der Waals surface area contributed by atoms with Crippen molar-refractivity contribution in [3.05, 3.63) is 29.8 Å². The number of hydrogen-bond donors (Lipinski definition) is 2. The Morgan fingerprint density at radius 3 is 2.39 bits per heavy atom. The lowest BCUT2D eigenvalue weighted by Crippen LogP contribution is -2.46. The van der Waals surface area contributed by atoms with Gasteiger partial charge in [-0.3, -0.25) is 9.69 Å². The van der Waals surface area contributed by atoms with Crippen molar-refractivity contribution in [1.29, 1.82) is 0 Å². The Balaban J connectivity index is 1.94. The molecule has 0 aliphatic carbocycles. The number of primary amides is 1. The first-order valence-electron chi connectivity index (χ1n) is 6.40. The molecule has 0 saturated carbocycles. The van der Waals surface area contributed by atoms with Crippen LogP contribution in [-0.2, 0) is 4.79 Å². The molecule has 0 aromatic heterocycles. The molecule has 1 aliphatic heterocycles. The van der Waals surface area contributed by atoms with E-state index in [4.69, 9.17) is 5.73 Å². The Kier molecular flexibility index (Phi) is 3.87. The summed E-state index contributed by atoms with van der Waals surface area (Å²) < 4.78 is 0. The first kappa shape index (κ1) is 12.9. The van der Waals surface area contributed by atoms with E-state index >= 15 is 0 Å². The molecule has 18 heavy (non-hydrogen) atoms. The Bertz CT molecular complexity index is 408. The summed E-state index contributed by atoms with van der Waals surface area (Å²) in [6, 6.07) is 7.24. The van der Waals surface area contributed by atoms with Gasteiger partial charge in [0, 0.05) is 0 Å². The van der Waals surface area contributed by atoms with Crippen LogP contribution < -0.4 is 5.73 Å². The highest BCUT2D eigenvalue weighted by atomic mass is 16.3. The number of phenols is 1. The van der Waals surface area contributed by atoms with Crippen LogP contribution in [0.25, 0.3) is 0 Å². The molecule has 3 N–H and O–H groups in total. The van der Waals surface area contributed by atoms with Crippen LogP contribution in [0, 0.1) is 0 Å². The highest BCUT2D eigenvalue weighted by Gasteiger charge is 2.25. The van der Waals surface area contributed by atoms with Gasteiger partial charge in [-0.15, -0.1) is 0 Å². The third kappa shape index (κ3) is 2.82. The molecule has 0 spiro atoms. The zero-order valence-corrected chi connectivity index (χ0v) is 10.7. The fourth-order valence-corrected chi connectivity index (χ4v) is 2.55. The number of carbonyl (C=O) groups excluding carboxylic acids is 1. The summed E-state index contributed by atoms with van der Waals surface area (Å²) in [7, 11) is 0. The topological polar surface area (TPSA) is 66.6 Å². The molecule has 1 aromatic carbocycles. The minimum Gasteiger partial charge on any atom is -0.508 e. The molecule has 1 fully saturated rings. The molecule has 1 atom stereocenters. The van der Waals surface area contributed by atoms with Crippen LogP contribution in [0.2, 0.25) is 0 Å². The SMILES string of the molecule is CC(C(N)=O)N1CCC(c2ccc(O)cc2)CC1. The van der Waals surface area contributed by atoms with Gasteiger partial charge in [-0.2, -0.15) is 0 Å². The molecular formula is C14H20N2O2. The number of hydrogen-bond acceptors (Lipinski definition) is 3. The van der Waals surface area contributed by atoms with Crippen LogP contribution >= 0.6 is 0 Å². The van der Waals surface area contributed by atoms with Gasteiger partial charge in [-0.25, -0.2) is 0 Å². The summed E-state index contributed by atoms with van der Waals surface area (Å²) in [5, 5.41) is 9.27. The van der Waals surface area contributed by atoms with Crippen molar-refractivity contribution >= 4 is 5.91 Å². The zero-order chi connectivity index (χ0) is 13.1. The van der Waals surface area contributed by atoms with Crippen molar-refractivity contribution in [3.63, 3.8) is 0 Å². The summed E-state index contributed by atoms with van der Waals surface area (Å²) in [6.07, 6.45) is 2.06. The minimum absolute atomic E-state index is 0.175. The average Bonchev–Trinajstić information content (AvgIpc) is 2.39. The number of nitrogens with zero attached hydrogens (tertiary/aromatic N) is 1. The Labute approximate surface area is 107 Å². The summed E-state index contributed by atoms with van der Waals surface area (Å²) in [5.41, 5.74) is 6.58. The zero-order valence-electron chi connectivity index (χ0n) is 10.7. The maximum Gasteiger partial charge on any atom is 0.234 e. The minimum atomic E-state index is -0.252. The second kappa shape index (κ2) is 5.40. The number of nitrogens with two attached hydrogens (primary N) is 1. The van der Waals surface area contributed by atoms with Crippen LogP contribution in [0.15, 0.2) is 24.3 Å². The third-order valence-electron chi connectivity index (χ3n) is 3.85. The monoisotopic (exact) mass is 248 g/mol. The Morgan fingerprint density at radius 2 is 1.89 bits per heavy atom. The van der Waals surface area contributed by atoms with E-state index in [0.717, 1.165) is 25.9 Å². The molecule has 4 nitrogen and oxygen atoms in total. The van der Waals surface area contributed by atoms with Crippen molar-refractivity contribution in [2.24, 2.45) is 5.73 Å². The molecular weight excluding hydrogens is 228 g/mol. The summed E-state index contributed by atoms with van der Waals surface area (Å²) in [5.74, 6) is 0.568. The fraction of sp³-hybridized carbons (Fsp3) is 0.500. The van der Waals surface area contributed by atoms with Crippen LogP contribution in [-0.4, -0.2) is 35.0 Å². The molecule has 1 heterocycles. The van der Waals surface area contributed by atoms with Crippen molar-refractivity contribution in [2.45, 2.75) is 31.7 Å². The van der Waals surface area contributed by atoms with E-state index in [1.807, 2.05) is 19.1 Å². The van der Waals surface area contributed by atoms with E-state index in [1.54, 1.807) is 12.1 Å². The van der Waals surface area contributed by atoms with Gasteiger partial charge < -0.3 is 10.8 Å². The van der Waals surface area contributed by atoms with Crippen molar-refractivity contribution < 1.29 is 9.90 Å². The maximum atomic E-state index is 11.1. The Morgan fingerprint density at radius 1 is 1.33 bits per heavy atom. The van der Waals surface area contributed by atoms with Crippen molar-refractivity contribution in [3.8, 4) is 5.75 Å². The van der Waals surface area contributed by atoms with E-state index < -0.39 is 0 Å². The largest absolute Gasteiger partial charge is 0.508 e. The maximum absolute atomic E-state index is 11.1. The van der Waals surface area contributed by atoms with E-state index in [9.17, 15) is 9.90 Å². The van der Waals surface area contributed by atoms with Gasteiger partial charge in [0.25, 0.3) is 0 Å². The summed E-state index contributed by atoms with van der Waals surface area (Å²) in [4.78, 5) is 13.3. The van der Waals surface area contributed by atoms with Gasteiger partial charge in [0.15, 0.2) is 0 Å². The molecule has 1 amide bonds. The molecule has 1 aliphatic rings. The molecule has 2 rings (SSSR count). The highest BCUT2D eigenvalue weighted by Crippen LogP contribution is 2.29. The summed E-state index contributed by atoms with van der Waals surface area (Å²) in [6.45, 7) is 3.66. The van der Waals surface area contributed by atoms with Crippen LogP contribution in [0.4, 0.5) is 0 Å². The number of aromatic hydroxyl groups is 1. The number of likely N-dealkylation sites (tertiary alicyclic amines) is 1. The number of piperidine rings is 1. The Hall–Kier alpha value is -1.55. The van der Waals surface area contributed by atoms with E-state index in [2.05, 4.69) is 4.90 Å². The van der Waals surface area contributed by atoms with Gasteiger partial charge in [0.1, 0.15) is 5.75 Å². The van der Waals surface area contributed by atoms with Gasteiger partial charge in [-0.1, -0.05) is 12.1 Å². The number of amides is 1. The van der Waals surface area contributed by atoms with Gasteiger partial charge in [0.05, 0.1) is 6.04 Å². The van der Waals surface area contributed by atoms with Crippen LogP contribution in [0.3, 0.4) is 0 Å². The van der Waals surface area contributed by atoms with E-state index in [1.165, 1.54) is 5.56 Å². The standard InChI is InChI=1S/C14H20N2O2/c1-10(14(15)18)16-8-6-12(7-9-16)11-2-4-13(17)5-3-11/h2-5,10,12,17H,6-9H2,1H3,(H2,15,18). The number of phenolic OH excluding ortho intramolecular Hbond substituents is 1. The predicted octanol–water partition coefficient (Wildman–Crippen LogP) is 1.45. The molecule has 1 saturated heterocycles. The molecule has 0 radical (unpaired) electrons. The summed E-state index contributed by atoms with van der Waals surface area (Å²) >= 11 is 0. The van der Waals surface area contributed by atoms with E-state index in [-0.39, 0.29) is 11.9 Å². The number of benzene rings is 1. The second-order valence-corrected chi connectivity index (χ2v) is 4.98. The fourth-order valence-electron chi connectivity index (χ4n) is 2.55. The molecule has 0 bridgehead atoms. The molecule has 4 heteroatoms. The van der Waals surface area contributed by atoms with Gasteiger partial charge in [-0.05, 0) is 56.5 Å². The lowest BCUT2D eigenvalue weighted by molar-refractivity contribution is -0.123. The van der Waals surface area contributed by atoms with Crippen LogP contribution in [0.5, 0.6) is 5.75 Å². The number of rotatable bonds is 3. The quantitative estimate of drug-likeness (QED) is 0.850. The average molecular weight is 248 g/mol. The smallest absolute Gasteiger partial charge is 0.234 e. The lowest BCUT2D eigenvalue weighted by Gasteiger charge is -2.34. The lowest BCUT2D eigenvalue weighted by atomic mass is 9.89. The normalized spacial score (nSPS) is 19.6. The third-order valence-corrected chi connectivity index (χ3v) is 3.85. The molecule has 1 aromatic rings. The van der Waals surface area contributed by atoms with Gasteiger partial charge >= 0.3 is 0 Å². The van der Waals surface area contributed by atoms with Crippen LogP contribution in [0.1, 0.15) is 31.2 Å². The highest BCUT2D eigenvalue weighted by molar-refractivity contribution is 5.79. The first-order valence-corrected chi connectivity index (χ1v) is 6.40. The second-order valence-electron chi connectivity index (χ2n) is 4.98. The van der Waals surface area contributed by atoms with E-state index in [0.29, 0.717) is 11.7 Å².